The van der Waals surface area contributed by atoms with E-state index in [-0.39, 0.29) is 24.2 Å². The van der Waals surface area contributed by atoms with Crippen molar-refractivity contribution in [1.82, 2.24) is 4.90 Å². The van der Waals surface area contributed by atoms with Crippen LogP contribution in [0.5, 0.6) is 0 Å². The zero-order chi connectivity index (χ0) is 11.7. The number of amides is 2. The third kappa shape index (κ3) is 2.23. The fourth-order valence-corrected chi connectivity index (χ4v) is 2.27. The number of piperidine rings is 1. The highest BCUT2D eigenvalue weighted by molar-refractivity contribution is 5.98. The second-order valence-electron chi connectivity index (χ2n) is 4.51. The Hall–Kier alpha value is -1.39. The molecule has 2 rings (SSSR count). The largest absolute Gasteiger partial charge is 0.481 e. The first kappa shape index (κ1) is 11.1. The predicted molar refractivity (Wildman–Crippen MR) is 54.5 cm³/mol. The van der Waals surface area contributed by atoms with Gasteiger partial charge < -0.3 is 5.11 Å². The van der Waals surface area contributed by atoms with Gasteiger partial charge in [-0.25, -0.2) is 0 Å². The summed E-state index contributed by atoms with van der Waals surface area (Å²) in [7, 11) is 0. The van der Waals surface area contributed by atoms with Crippen LogP contribution >= 0.6 is 0 Å². The summed E-state index contributed by atoms with van der Waals surface area (Å²) < 4.78 is 0. The van der Waals surface area contributed by atoms with E-state index in [1.54, 1.807) is 0 Å². The van der Waals surface area contributed by atoms with Crippen LogP contribution < -0.4 is 0 Å². The van der Waals surface area contributed by atoms with Gasteiger partial charge in [0, 0.05) is 12.8 Å². The molecule has 1 atom stereocenters. The Morgan fingerprint density at radius 2 is 1.88 bits per heavy atom. The van der Waals surface area contributed by atoms with Crippen molar-refractivity contribution >= 4 is 17.8 Å². The van der Waals surface area contributed by atoms with Crippen LogP contribution in [0.15, 0.2) is 0 Å². The normalized spacial score (nSPS) is 23.4. The molecule has 1 saturated heterocycles. The molecule has 2 fully saturated rings. The molecule has 5 heteroatoms. The third-order valence-electron chi connectivity index (χ3n) is 3.20. The summed E-state index contributed by atoms with van der Waals surface area (Å²) in [4.78, 5) is 35.3. The topological polar surface area (TPSA) is 74.7 Å². The van der Waals surface area contributed by atoms with Crippen LogP contribution in [-0.2, 0) is 14.4 Å². The van der Waals surface area contributed by atoms with Crippen LogP contribution in [0.1, 0.15) is 38.5 Å². The number of likely N-dealkylation sites (tertiary alicyclic amines) is 1. The highest BCUT2D eigenvalue weighted by Crippen LogP contribution is 2.38. The number of imide groups is 1. The number of hydrogen-bond donors (Lipinski definition) is 1. The van der Waals surface area contributed by atoms with E-state index in [0.29, 0.717) is 19.3 Å². The van der Waals surface area contributed by atoms with Gasteiger partial charge in [0.05, 0.1) is 12.5 Å². The first-order valence-corrected chi connectivity index (χ1v) is 5.66. The minimum Gasteiger partial charge on any atom is -0.481 e. The average Bonchev–Trinajstić information content (AvgIpc) is 2.98. The van der Waals surface area contributed by atoms with E-state index in [9.17, 15) is 14.4 Å². The summed E-state index contributed by atoms with van der Waals surface area (Å²) in [6.07, 6.45) is 3.08. The summed E-state index contributed by atoms with van der Waals surface area (Å²) in [5.74, 6) is -1.13. The number of carboxylic acids is 1. The Morgan fingerprint density at radius 3 is 2.31 bits per heavy atom. The molecule has 2 amide bonds. The van der Waals surface area contributed by atoms with Gasteiger partial charge in [-0.1, -0.05) is 0 Å². The minimum atomic E-state index is -0.942. The molecule has 0 aromatic rings. The van der Waals surface area contributed by atoms with Crippen LogP contribution in [0.25, 0.3) is 0 Å². The van der Waals surface area contributed by atoms with Crippen LogP contribution in [-0.4, -0.2) is 33.8 Å². The summed E-state index contributed by atoms with van der Waals surface area (Å²) in [5, 5.41) is 8.81. The van der Waals surface area contributed by atoms with Gasteiger partial charge in [-0.2, -0.15) is 0 Å². The lowest BCUT2D eigenvalue weighted by Crippen LogP contribution is -2.48. The maximum absolute atomic E-state index is 11.7. The lowest BCUT2D eigenvalue weighted by Gasteiger charge is -2.32. The summed E-state index contributed by atoms with van der Waals surface area (Å²) in [6, 6.07) is -0.405. The first-order valence-electron chi connectivity index (χ1n) is 5.66. The van der Waals surface area contributed by atoms with Gasteiger partial charge in [0.25, 0.3) is 0 Å². The molecule has 1 heterocycles. The fraction of sp³-hybridized carbons (Fsp3) is 0.727. The lowest BCUT2D eigenvalue weighted by molar-refractivity contribution is -0.153. The van der Waals surface area contributed by atoms with Gasteiger partial charge in [-0.3, -0.25) is 19.3 Å². The molecule has 0 aromatic heterocycles. The smallest absolute Gasteiger partial charge is 0.305 e. The monoisotopic (exact) mass is 225 g/mol. The molecule has 1 unspecified atom stereocenters. The lowest BCUT2D eigenvalue weighted by atomic mass is 10.0. The van der Waals surface area contributed by atoms with Gasteiger partial charge >= 0.3 is 5.97 Å². The number of rotatable bonds is 4. The van der Waals surface area contributed by atoms with Gasteiger partial charge in [-0.15, -0.1) is 0 Å². The quantitative estimate of drug-likeness (QED) is 0.717. The van der Waals surface area contributed by atoms with Gasteiger partial charge in [0.1, 0.15) is 0 Å². The second kappa shape index (κ2) is 4.23. The van der Waals surface area contributed by atoms with Gasteiger partial charge in [-0.05, 0) is 25.2 Å². The fourth-order valence-electron chi connectivity index (χ4n) is 2.27. The van der Waals surface area contributed by atoms with E-state index in [0.717, 1.165) is 12.8 Å². The molecule has 0 aromatic carbocycles. The Bertz CT molecular complexity index is 319. The zero-order valence-electron chi connectivity index (χ0n) is 9.02. The molecule has 1 aliphatic heterocycles. The van der Waals surface area contributed by atoms with Crippen molar-refractivity contribution in [2.45, 2.75) is 44.6 Å². The summed E-state index contributed by atoms with van der Waals surface area (Å²) in [5.41, 5.74) is 0. The molecule has 0 bridgehead atoms. The number of carbonyl (C=O) groups is 3. The van der Waals surface area contributed by atoms with E-state index < -0.39 is 12.0 Å². The average molecular weight is 225 g/mol. The van der Waals surface area contributed by atoms with Gasteiger partial charge in [0.2, 0.25) is 11.8 Å². The van der Waals surface area contributed by atoms with Crippen molar-refractivity contribution in [2.24, 2.45) is 5.92 Å². The molecular formula is C11H15NO4. The highest BCUT2D eigenvalue weighted by Gasteiger charge is 2.42. The Morgan fingerprint density at radius 1 is 1.31 bits per heavy atom. The van der Waals surface area contributed by atoms with E-state index in [1.165, 1.54) is 4.90 Å². The minimum absolute atomic E-state index is 0.109. The predicted octanol–water partition coefficient (Wildman–Crippen LogP) is 0.779. The molecule has 2 aliphatic rings. The second-order valence-corrected chi connectivity index (χ2v) is 4.51. The van der Waals surface area contributed by atoms with Crippen LogP contribution in [0.2, 0.25) is 0 Å². The Balaban J connectivity index is 2.13. The van der Waals surface area contributed by atoms with Crippen molar-refractivity contribution in [3.05, 3.63) is 0 Å². The molecule has 16 heavy (non-hydrogen) atoms. The number of hydrogen-bond acceptors (Lipinski definition) is 3. The molecule has 0 radical (unpaired) electrons. The SMILES string of the molecule is O=C(O)CC(C1CC1)N1C(=O)CCCC1=O. The van der Waals surface area contributed by atoms with E-state index >= 15 is 0 Å². The Kier molecular flexibility index (Phi) is 2.94. The van der Waals surface area contributed by atoms with Crippen LogP contribution in [0, 0.1) is 5.92 Å². The maximum Gasteiger partial charge on any atom is 0.305 e. The van der Waals surface area contributed by atoms with Crippen molar-refractivity contribution < 1.29 is 19.5 Å². The molecule has 0 spiro atoms. The van der Waals surface area contributed by atoms with Crippen molar-refractivity contribution in [2.75, 3.05) is 0 Å². The molecule has 1 N–H and O–H groups in total. The van der Waals surface area contributed by atoms with Crippen LogP contribution in [0.3, 0.4) is 0 Å². The summed E-state index contributed by atoms with van der Waals surface area (Å²) >= 11 is 0. The van der Waals surface area contributed by atoms with E-state index in [1.807, 2.05) is 0 Å². The number of carboxylic acid groups (broad SMARTS) is 1. The first-order chi connectivity index (χ1) is 7.59. The Labute approximate surface area is 93.4 Å². The molecule has 1 saturated carbocycles. The number of carbonyl (C=O) groups excluding carboxylic acids is 2. The third-order valence-corrected chi connectivity index (χ3v) is 3.20. The summed E-state index contributed by atoms with van der Waals surface area (Å²) in [6.45, 7) is 0. The van der Waals surface area contributed by atoms with Crippen molar-refractivity contribution in [3.8, 4) is 0 Å². The number of nitrogens with zero attached hydrogens (tertiary/aromatic N) is 1. The highest BCUT2D eigenvalue weighted by atomic mass is 16.4. The molecule has 1 aliphatic carbocycles. The van der Waals surface area contributed by atoms with Gasteiger partial charge in [0.15, 0.2) is 0 Å². The van der Waals surface area contributed by atoms with Crippen LogP contribution in [0.4, 0.5) is 0 Å². The standard InChI is InChI=1S/C11H15NO4/c13-9-2-1-3-10(14)12(9)8(6-11(15)16)7-4-5-7/h7-8H,1-6H2,(H,15,16). The van der Waals surface area contributed by atoms with Crippen molar-refractivity contribution in [1.29, 1.82) is 0 Å². The zero-order valence-corrected chi connectivity index (χ0v) is 9.02. The molecule has 5 nitrogen and oxygen atoms in total. The van der Waals surface area contributed by atoms with E-state index in [4.69, 9.17) is 5.11 Å². The molecule has 88 valence electrons. The van der Waals surface area contributed by atoms with Crippen molar-refractivity contribution in [3.63, 3.8) is 0 Å². The molecular weight excluding hydrogens is 210 g/mol. The maximum atomic E-state index is 11.7. The van der Waals surface area contributed by atoms with E-state index in [2.05, 4.69) is 0 Å². The number of aliphatic carboxylic acids is 1.